The second-order valence-corrected chi connectivity index (χ2v) is 6.28. The normalized spacial score (nSPS) is 13.8. The highest BCUT2D eigenvalue weighted by atomic mass is 79.9. The smallest absolute Gasteiger partial charge is 0.327 e. The maximum absolute atomic E-state index is 12.0. The van der Waals surface area contributed by atoms with Crippen molar-refractivity contribution in [1.29, 1.82) is 0 Å². The predicted molar refractivity (Wildman–Crippen MR) is 84.8 cm³/mol. The molecule has 0 amide bonds. The van der Waals surface area contributed by atoms with Crippen molar-refractivity contribution in [1.82, 2.24) is 5.32 Å². The number of rotatable bonds is 5. The van der Waals surface area contributed by atoms with E-state index < -0.39 is 6.04 Å². The number of halogens is 1. The van der Waals surface area contributed by atoms with E-state index in [0.717, 1.165) is 10.0 Å². The molecule has 0 bridgehead atoms. The third-order valence-electron chi connectivity index (χ3n) is 3.00. The zero-order valence-corrected chi connectivity index (χ0v) is 13.7. The summed E-state index contributed by atoms with van der Waals surface area (Å²) in [6, 6.07) is 11.3. The zero-order chi connectivity index (χ0) is 14.5. The van der Waals surface area contributed by atoms with Crippen molar-refractivity contribution in [2.45, 2.75) is 19.0 Å². The van der Waals surface area contributed by atoms with Crippen LogP contribution in [0.3, 0.4) is 0 Å². The van der Waals surface area contributed by atoms with Gasteiger partial charge in [-0.25, -0.2) is 4.79 Å². The van der Waals surface area contributed by atoms with Gasteiger partial charge in [0.1, 0.15) is 6.04 Å². The molecule has 0 saturated carbocycles. The molecule has 106 valence electrons. The molecular formula is C15H16BrNO2S. The fourth-order valence-corrected chi connectivity index (χ4v) is 3.41. The van der Waals surface area contributed by atoms with Gasteiger partial charge in [0, 0.05) is 20.8 Å². The van der Waals surface area contributed by atoms with Gasteiger partial charge in [-0.05, 0) is 34.5 Å². The minimum atomic E-state index is -0.461. The summed E-state index contributed by atoms with van der Waals surface area (Å²) in [6.07, 6.45) is 0. The van der Waals surface area contributed by atoms with Crippen LogP contribution in [0.2, 0.25) is 0 Å². The van der Waals surface area contributed by atoms with Crippen molar-refractivity contribution in [2.75, 3.05) is 7.11 Å². The molecule has 2 unspecified atom stereocenters. The fraction of sp³-hybridized carbons (Fsp3) is 0.267. The van der Waals surface area contributed by atoms with Crippen molar-refractivity contribution in [3.63, 3.8) is 0 Å². The number of methoxy groups -OCH3 is 1. The molecule has 1 N–H and O–H groups in total. The molecular weight excluding hydrogens is 338 g/mol. The van der Waals surface area contributed by atoms with Gasteiger partial charge >= 0.3 is 5.97 Å². The average Bonchev–Trinajstić information content (AvgIpc) is 2.91. The highest BCUT2D eigenvalue weighted by Crippen LogP contribution is 2.27. The first-order valence-corrected chi connectivity index (χ1v) is 7.92. The topological polar surface area (TPSA) is 38.3 Å². The van der Waals surface area contributed by atoms with Gasteiger partial charge in [0.05, 0.1) is 7.11 Å². The molecule has 20 heavy (non-hydrogen) atoms. The van der Waals surface area contributed by atoms with Crippen LogP contribution in [0.1, 0.15) is 29.4 Å². The second-order valence-electron chi connectivity index (χ2n) is 4.42. The second kappa shape index (κ2) is 7.02. The van der Waals surface area contributed by atoms with Crippen molar-refractivity contribution >= 4 is 33.2 Å². The molecule has 1 heterocycles. The molecule has 1 aromatic carbocycles. The van der Waals surface area contributed by atoms with E-state index in [1.165, 1.54) is 12.0 Å². The van der Waals surface area contributed by atoms with E-state index in [0.29, 0.717) is 0 Å². The Kier molecular flexibility index (Phi) is 5.34. The number of hydrogen-bond donors (Lipinski definition) is 1. The van der Waals surface area contributed by atoms with E-state index in [4.69, 9.17) is 4.74 Å². The number of carbonyl (C=O) groups is 1. The number of carbonyl (C=O) groups excluding carboxylic acids is 1. The number of thiophene rings is 1. The van der Waals surface area contributed by atoms with Crippen LogP contribution in [0.25, 0.3) is 0 Å². The van der Waals surface area contributed by atoms with E-state index in [1.54, 1.807) is 11.3 Å². The number of esters is 1. The summed E-state index contributed by atoms with van der Waals surface area (Å²) < 4.78 is 5.96. The standard InChI is InChI=1S/C15H16BrNO2S/c1-10(13-8-12(16)9-20-13)17-14(15(18)19-2)11-6-4-3-5-7-11/h3-10,14,17H,1-2H3. The number of nitrogens with one attached hydrogen (secondary N) is 1. The van der Waals surface area contributed by atoms with Gasteiger partial charge in [0.15, 0.2) is 0 Å². The largest absolute Gasteiger partial charge is 0.468 e. The van der Waals surface area contributed by atoms with Crippen molar-refractivity contribution < 1.29 is 9.53 Å². The van der Waals surface area contributed by atoms with Crippen molar-refractivity contribution in [2.24, 2.45) is 0 Å². The lowest BCUT2D eigenvalue weighted by molar-refractivity contribution is -0.143. The van der Waals surface area contributed by atoms with Gasteiger partial charge < -0.3 is 4.74 Å². The average molecular weight is 354 g/mol. The molecule has 5 heteroatoms. The summed E-state index contributed by atoms with van der Waals surface area (Å²) >= 11 is 5.10. The molecule has 0 saturated heterocycles. The molecule has 0 spiro atoms. The summed E-state index contributed by atoms with van der Waals surface area (Å²) in [4.78, 5) is 13.2. The van der Waals surface area contributed by atoms with E-state index in [2.05, 4.69) is 27.3 Å². The van der Waals surface area contributed by atoms with Gasteiger partial charge in [-0.15, -0.1) is 11.3 Å². The van der Waals surface area contributed by atoms with Crippen LogP contribution in [0.4, 0.5) is 0 Å². The lowest BCUT2D eigenvalue weighted by atomic mass is 10.1. The Bertz CT molecular complexity index is 570. The summed E-state index contributed by atoms with van der Waals surface area (Å²) in [5.74, 6) is -0.279. The monoisotopic (exact) mass is 353 g/mol. The highest BCUT2D eigenvalue weighted by Gasteiger charge is 2.23. The van der Waals surface area contributed by atoms with Crippen LogP contribution >= 0.6 is 27.3 Å². The number of hydrogen-bond acceptors (Lipinski definition) is 4. The first-order valence-electron chi connectivity index (χ1n) is 6.24. The summed E-state index contributed by atoms with van der Waals surface area (Å²) in [5.41, 5.74) is 0.904. The molecule has 2 rings (SSSR count). The molecule has 0 fully saturated rings. The SMILES string of the molecule is COC(=O)C(NC(C)c1cc(Br)cs1)c1ccccc1. The minimum Gasteiger partial charge on any atom is -0.468 e. The molecule has 0 radical (unpaired) electrons. The van der Waals surface area contributed by atoms with Crippen LogP contribution in [0, 0.1) is 0 Å². The third kappa shape index (κ3) is 3.69. The van der Waals surface area contributed by atoms with E-state index in [9.17, 15) is 4.79 Å². The van der Waals surface area contributed by atoms with Gasteiger partial charge in [-0.2, -0.15) is 0 Å². The predicted octanol–water partition coefficient (Wildman–Crippen LogP) is 4.08. The first kappa shape index (κ1) is 15.2. The Balaban J connectivity index is 2.18. The highest BCUT2D eigenvalue weighted by molar-refractivity contribution is 9.10. The Hall–Kier alpha value is -1.17. The van der Waals surface area contributed by atoms with E-state index >= 15 is 0 Å². The van der Waals surface area contributed by atoms with Gasteiger partial charge in [-0.1, -0.05) is 30.3 Å². The van der Waals surface area contributed by atoms with Crippen molar-refractivity contribution in [3.05, 3.63) is 56.7 Å². The Morgan fingerprint density at radius 1 is 1.35 bits per heavy atom. The Morgan fingerprint density at radius 2 is 2.05 bits per heavy atom. The maximum atomic E-state index is 12.0. The molecule has 0 aliphatic heterocycles. The summed E-state index contributed by atoms with van der Waals surface area (Å²) in [6.45, 7) is 2.04. The van der Waals surface area contributed by atoms with Crippen LogP contribution in [-0.2, 0) is 9.53 Å². The molecule has 0 aliphatic carbocycles. The van der Waals surface area contributed by atoms with Crippen LogP contribution in [-0.4, -0.2) is 13.1 Å². The van der Waals surface area contributed by atoms with E-state index in [-0.39, 0.29) is 12.0 Å². The lowest BCUT2D eigenvalue weighted by Gasteiger charge is -2.21. The molecule has 3 nitrogen and oxygen atoms in total. The minimum absolute atomic E-state index is 0.0654. The fourth-order valence-electron chi connectivity index (χ4n) is 1.95. The molecule has 2 atom stereocenters. The van der Waals surface area contributed by atoms with Gasteiger partial charge in [0.25, 0.3) is 0 Å². The van der Waals surface area contributed by atoms with E-state index in [1.807, 2.05) is 42.6 Å². The number of benzene rings is 1. The van der Waals surface area contributed by atoms with Gasteiger partial charge in [0.2, 0.25) is 0 Å². The van der Waals surface area contributed by atoms with Crippen LogP contribution in [0.15, 0.2) is 46.3 Å². The summed E-state index contributed by atoms with van der Waals surface area (Å²) in [7, 11) is 1.41. The van der Waals surface area contributed by atoms with Gasteiger partial charge in [-0.3, -0.25) is 5.32 Å². The molecule has 0 aliphatic rings. The number of ether oxygens (including phenoxy) is 1. The lowest BCUT2D eigenvalue weighted by Crippen LogP contribution is -2.31. The maximum Gasteiger partial charge on any atom is 0.327 e. The first-order chi connectivity index (χ1) is 9.61. The van der Waals surface area contributed by atoms with Crippen LogP contribution < -0.4 is 5.32 Å². The summed E-state index contributed by atoms with van der Waals surface area (Å²) in [5, 5.41) is 5.36. The molecule has 1 aromatic heterocycles. The third-order valence-corrected chi connectivity index (χ3v) is 4.88. The molecule has 2 aromatic rings. The Morgan fingerprint density at radius 3 is 2.60 bits per heavy atom. The quantitative estimate of drug-likeness (QED) is 0.823. The zero-order valence-electron chi connectivity index (χ0n) is 11.3. The van der Waals surface area contributed by atoms with Crippen molar-refractivity contribution in [3.8, 4) is 0 Å². The Labute approximate surface area is 131 Å². The van der Waals surface area contributed by atoms with Crippen LogP contribution in [0.5, 0.6) is 0 Å².